The fraction of sp³-hybridized carbons (Fsp3) is 0.400. The van der Waals surface area contributed by atoms with Crippen LogP contribution in [0.25, 0.3) is 0 Å². The van der Waals surface area contributed by atoms with E-state index >= 15 is 0 Å². The summed E-state index contributed by atoms with van der Waals surface area (Å²) in [4.78, 5) is 4.53. The molecule has 6 heteroatoms. The Morgan fingerprint density at radius 3 is 3.00 bits per heavy atom. The Hall–Kier alpha value is -1.17. The fourth-order valence-corrected chi connectivity index (χ4v) is 1.96. The standard InChI is InChI=1S/C10H12ClNO4/c1-13-9-6(2-3-16-12)4-7-10(8(9)11)15-5-14-7/h4H,2-3,5,12H2,1H3. The molecule has 0 atom stereocenters. The fourth-order valence-electron chi connectivity index (χ4n) is 1.61. The van der Waals surface area contributed by atoms with Crippen LogP contribution in [-0.4, -0.2) is 20.5 Å². The van der Waals surface area contributed by atoms with Crippen molar-refractivity contribution in [1.29, 1.82) is 0 Å². The third-order valence-corrected chi connectivity index (χ3v) is 2.67. The molecule has 1 aliphatic heterocycles. The topological polar surface area (TPSA) is 62.9 Å². The minimum absolute atomic E-state index is 0.176. The number of methoxy groups -OCH3 is 1. The molecule has 1 aliphatic rings. The van der Waals surface area contributed by atoms with Crippen molar-refractivity contribution in [1.82, 2.24) is 0 Å². The largest absolute Gasteiger partial charge is 0.495 e. The maximum atomic E-state index is 6.14. The number of halogens is 1. The minimum atomic E-state index is 0.176. The highest BCUT2D eigenvalue weighted by atomic mass is 35.5. The Bertz CT molecular complexity index is 397. The van der Waals surface area contributed by atoms with Crippen LogP contribution < -0.4 is 20.1 Å². The van der Waals surface area contributed by atoms with Crippen LogP contribution >= 0.6 is 11.6 Å². The van der Waals surface area contributed by atoms with Gasteiger partial charge < -0.3 is 19.0 Å². The van der Waals surface area contributed by atoms with E-state index in [0.717, 1.165) is 5.56 Å². The first-order valence-electron chi connectivity index (χ1n) is 4.74. The summed E-state index contributed by atoms with van der Waals surface area (Å²) in [6.45, 7) is 0.557. The van der Waals surface area contributed by atoms with Crippen LogP contribution in [0.3, 0.4) is 0 Å². The maximum absolute atomic E-state index is 6.14. The third kappa shape index (κ3) is 1.89. The molecule has 0 aliphatic carbocycles. The Balaban J connectivity index is 2.39. The third-order valence-electron chi connectivity index (χ3n) is 2.33. The molecule has 2 rings (SSSR count). The van der Waals surface area contributed by atoms with Gasteiger partial charge in [0.1, 0.15) is 10.8 Å². The van der Waals surface area contributed by atoms with Crippen molar-refractivity contribution in [2.45, 2.75) is 6.42 Å². The van der Waals surface area contributed by atoms with Gasteiger partial charge in [0.15, 0.2) is 11.5 Å². The van der Waals surface area contributed by atoms with Gasteiger partial charge in [-0.25, -0.2) is 5.90 Å². The first-order valence-corrected chi connectivity index (χ1v) is 5.12. The highest BCUT2D eigenvalue weighted by Crippen LogP contribution is 2.46. The van der Waals surface area contributed by atoms with Gasteiger partial charge in [-0.3, -0.25) is 0 Å². The summed E-state index contributed by atoms with van der Waals surface area (Å²) in [5.41, 5.74) is 0.877. The second-order valence-corrected chi connectivity index (χ2v) is 3.62. The number of nitrogens with two attached hydrogens (primary N) is 1. The minimum Gasteiger partial charge on any atom is -0.495 e. The van der Waals surface area contributed by atoms with Gasteiger partial charge in [-0.2, -0.15) is 0 Å². The van der Waals surface area contributed by atoms with Gasteiger partial charge in [0, 0.05) is 12.0 Å². The van der Waals surface area contributed by atoms with Crippen LogP contribution in [0, 0.1) is 0 Å². The van der Waals surface area contributed by atoms with E-state index in [4.69, 9.17) is 31.7 Å². The predicted molar refractivity (Wildman–Crippen MR) is 58.0 cm³/mol. The first-order chi connectivity index (χ1) is 7.77. The Morgan fingerprint density at radius 1 is 1.50 bits per heavy atom. The maximum Gasteiger partial charge on any atom is 0.231 e. The summed E-state index contributed by atoms with van der Waals surface area (Å²) >= 11 is 6.14. The summed E-state index contributed by atoms with van der Waals surface area (Å²) < 4.78 is 15.7. The van der Waals surface area contributed by atoms with Crippen LogP contribution in [0.2, 0.25) is 5.02 Å². The van der Waals surface area contributed by atoms with E-state index in [1.807, 2.05) is 6.07 Å². The number of hydrogen-bond acceptors (Lipinski definition) is 5. The summed E-state index contributed by atoms with van der Waals surface area (Å²) in [5.74, 6) is 6.71. The smallest absolute Gasteiger partial charge is 0.231 e. The monoisotopic (exact) mass is 245 g/mol. The molecule has 0 saturated heterocycles. The molecule has 0 amide bonds. The molecule has 2 N–H and O–H groups in total. The average Bonchev–Trinajstić information content (AvgIpc) is 2.75. The zero-order chi connectivity index (χ0) is 11.5. The molecule has 88 valence electrons. The zero-order valence-corrected chi connectivity index (χ0v) is 9.54. The predicted octanol–water partition coefficient (Wildman–Crippen LogP) is 1.51. The molecule has 0 spiro atoms. The van der Waals surface area contributed by atoms with Gasteiger partial charge in [0.05, 0.1) is 13.7 Å². The molecule has 0 fully saturated rings. The summed E-state index contributed by atoms with van der Waals surface area (Å²) in [6, 6.07) is 1.83. The average molecular weight is 246 g/mol. The van der Waals surface area contributed by atoms with Crippen LogP contribution in [0.1, 0.15) is 5.56 Å². The van der Waals surface area contributed by atoms with Crippen molar-refractivity contribution >= 4 is 11.6 Å². The summed E-state index contributed by atoms with van der Waals surface area (Å²) in [6.07, 6.45) is 0.593. The van der Waals surface area contributed by atoms with E-state index in [0.29, 0.717) is 35.3 Å². The molecule has 16 heavy (non-hydrogen) atoms. The van der Waals surface area contributed by atoms with Crippen LogP contribution in [-0.2, 0) is 11.3 Å². The normalized spacial score (nSPS) is 12.9. The zero-order valence-electron chi connectivity index (χ0n) is 8.79. The molecule has 5 nitrogen and oxygen atoms in total. The SMILES string of the molecule is COc1c(CCON)cc2c(c1Cl)OCO2. The van der Waals surface area contributed by atoms with Gasteiger partial charge in [-0.1, -0.05) is 11.6 Å². The molecule has 0 radical (unpaired) electrons. The van der Waals surface area contributed by atoms with Crippen molar-refractivity contribution in [3.8, 4) is 17.2 Å². The van der Waals surface area contributed by atoms with E-state index in [1.54, 1.807) is 7.11 Å². The lowest BCUT2D eigenvalue weighted by Gasteiger charge is -2.11. The number of fused-ring (bicyclic) bond motifs is 1. The molecule has 0 aromatic heterocycles. The van der Waals surface area contributed by atoms with E-state index < -0.39 is 0 Å². The Labute approximate surface area is 97.9 Å². The molecule has 1 heterocycles. The first kappa shape index (κ1) is 11.3. The van der Waals surface area contributed by atoms with E-state index in [1.165, 1.54) is 0 Å². The van der Waals surface area contributed by atoms with Crippen LogP contribution in [0.15, 0.2) is 6.07 Å². The second kappa shape index (κ2) is 4.78. The van der Waals surface area contributed by atoms with Crippen LogP contribution in [0.5, 0.6) is 17.2 Å². The van der Waals surface area contributed by atoms with Gasteiger partial charge in [0.2, 0.25) is 6.79 Å². The molecule has 0 bridgehead atoms. The number of hydrogen-bond donors (Lipinski definition) is 1. The van der Waals surface area contributed by atoms with Crippen LogP contribution in [0.4, 0.5) is 0 Å². The van der Waals surface area contributed by atoms with Crippen molar-refractivity contribution in [2.75, 3.05) is 20.5 Å². The van der Waals surface area contributed by atoms with Crippen molar-refractivity contribution in [3.63, 3.8) is 0 Å². The number of rotatable bonds is 4. The van der Waals surface area contributed by atoms with Gasteiger partial charge in [-0.15, -0.1) is 0 Å². The molecule has 0 unspecified atom stereocenters. The molecule has 1 aromatic carbocycles. The lowest BCUT2D eigenvalue weighted by molar-refractivity contribution is 0.140. The summed E-state index contributed by atoms with van der Waals surface area (Å²) in [5, 5.41) is 0.421. The van der Waals surface area contributed by atoms with E-state index in [9.17, 15) is 0 Å². The molecular weight excluding hydrogens is 234 g/mol. The lowest BCUT2D eigenvalue weighted by Crippen LogP contribution is -2.05. The molecular formula is C10H12ClNO4. The van der Waals surface area contributed by atoms with Gasteiger partial charge >= 0.3 is 0 Å². The van der Waals surface area contributed by atoms with Crippen molar-refractivity contribution in [3.05, 3.63) is 16.7 Å². The Kier molecular flexibility index (Phi) is 3.38. The van der Waals surface area contributed by atoms with Gasteiger partial charge in [0.25, 0.3) is 0 Å². The highest BCUT2D eigenvalue weighted by molar-refractivity contribution is 6.34. The molecule has 1 aromatic rings. The quantitative estimate of drug-likeness (QED) is 0.815. The Morgan fingerprint density at radius 2 is 2.31 bits per heavy atom. The summed E-state index contributed by atoms with van der Waals surface area (Å²) in [7, 11) is 1.55. The number of benzene rings is 1. The van der Waals surface area contributed by atoms with Gasteiger partial charge in [-0.05, 0) is 6.07 Å². The van der Waals surface area contributed by atoms with Crippen molar-refractivity contribution < 1.29 is 19.0 Å². The highest BCUT2D eigenvalue weighted by Gasteiger charge is 2.23. The van der Waals surface area contributed by atoms with E-state index in [2.05, 4.69) is 4.84 Å². The number of ether oxygens (including phenoxy) is 3. The molecule has 0 saturated carbocycles. The van der Waals surface area contributed by atoms with E-state index in [-0.39, 0.29) is 6.79 Å². The second-order valence-electron chi connectivity index (χ2n) is 3.24. The van der Waals surface area contributed by atoms with Crippen molar-refractivity contribution in [2.24, 2.45) is 5.90 Å². The lowest BCUT2D eigenvalue weighted by atomic mass is 10.1.